The maximum absolute atomic E-state index is 13.1. The molecule has 0 atom stereocenters. The summed E-state index contributed by atoms with van der Waals surface area (Å²) in [5.74, 6) is 0.185. The van der Waals surface area contributed by atoms with Crippen molar-refractivity contribution in [2.75, 3.05) is 23.7 Å². The standard InChI is InChI=1S/C27H34ClN5O2/c1-6-15-32(26(35)29-20-12-10-11-19(7-2)16-20)18-25(34)30-24-17-23(27(3,4)5)31-33(24)22-14-9-8-13-21(22)28/h8-14,16-17H,6-7,15,18H2,1-5H3,(H,29,35)(H,30,34). The quantitative estimate of drug-likeness (QED) is 0.386. The van der Waals surface area contributed by atoms with Crippen molar-refractivity contribution in [1.29, 1.82) is 0 Å². The first-order chi connectivity index (χ1) is 16.6. The Balaban J connectivity index is 1.80. The van der Waals surface area contributed by atoms with E-state index in [9.17, 15) is 9.59 Å². The topological polar surface area (TPSA) is 79.3 Å². The number of hydrogen-bond acceptors (Lipinski definition) is 3. The molecule has 0 saturated carbocycles. The Hall–Kier alpha value is -3.32. The van der Waals surface area contributed by atoms with Gasteiger partial charge in [-0.25, -0.2) is 9.48 Å². The van der Waals surface area contributed by atoms with E-state index in [0.29, 0.717) is 28.8 Å². The highest BCUT2D eigenvalue weighted by molar-refractivity contribution is 6.32. The van der Waals surface area contributed by atoms with E-state index in [1.807, 2.05) is 55.5 Å². The van der Waals surface area contributed by atoms with Gasteiger partial charge in [-0.3, -0.25) is 4.79 Å². The predicted octanol–water partition coefficient (Wildman–Crippen LogP) is 6.27. The van der Waals surface area contributed by atoms with Gasteiger partial charge in [0.05, 0.1) is 16.4 Å². The van der Waals surface area contributed by atoms with Crippen molar-refractivity contribution < 1.29 is 9.59 Å². The summed E-state index contributed by atoms with van der Waals surface area (Å²) in [6, 6.07) is 16.6. The minimum absolute atomic E-state index is 0.0916. The molecule has 0 fully saturated rings. The number of aryl methyl sites for hydroxylation is 1. The highest BCUT2D eigenvalue weighted by atomic mass is 35.5. The molecule has 0 radical (unpaired) electrons. The summed E-state index contributed by atoms with van der Waals surface area (Å²) in [5.41, 5.74) is 3.09. The molecule has 3 rings (SSSR count). The van der Waals surface area contributed by atoms with Crippen LogP contribution in [0.5, 0.6) is 0 Å². The number of halogens is 1. The molecule has 2 N–H and O–H groups in total. The molecule has 0 aliphatic carbocycles. The fourth-order valence-corrected chi connectivity index (χ4v) is 3.81. The van der Waals surface area contributed by atoms with E-state index in [2.05, 4.69) is 38.3 Å². The number of carbonyl (C=O) groups excluding carboxylic acids is 2. The van der Waals surface area contributed by atoms with Gasteiger partial charge in [0.25, 0.3) is 0 Å². The van der Waals surface area contributed by atoms with E-state index in [0.717, 1.165) is 24.1 Å². The second kappa shape index (κ2) is 11.4. The van der Waals surface area contributed by atoms with Crippen LogP contribution in [0, 0.1) is 0 Å². The van der Waals surface area contributed by atoms with Crippen LogP contribution in [0.3, 0.4) is 0 Å². The largest absolute Gasteiger partial charge is 0.322 e. The molecule has 0 spiro atoms. The van der Waals surface area contributed by atoms with Crippen LogP contribution in [-0.2, 0) is 16.6 Å². The minimum atomic E-state index is -0.315. The summed E-state index contributed by atoms with van der Waals surface area (Å²) in [5, 5.41) is 11.1. The average Bonchev–Trinajstić information content (AvgIpc) is 3.23. The molecule has 0 saturated heterocycles. The lowest BCUT2D eigenvalue weighted by atomic mass is 9.92. The smallest absolute Gasteiger partial charge is 0.315 e. The van der Waals surface area contributed by atoms with Gasteiger partial charge in [-0.15, -0.1) is 0 Å². The number of nitrogens with one attached hydrogen (secondary N) is 2. The van der Waals surface area contributed by atoms with Crippen LogP contribution < -0.4 is 10.6 Å². The highest BCUT2D eigenvalue weighted by Gasteiger charge is 2.23. The van der Waals surface area contributed by atoms with Gasteiger partial charge in [0, 0.05) is 23.7 Å². The number of hydrogen-bond donors (Lipinski definition) is 2. The maximum Gasteiger partial charge on any atom is 0.322 e. The summed E-state index contributed by atoms with van der Waals surface area (Å²) in [6.45, 7) is 10.6. The third kappa shape index (κ3) is 6.85. The SMILES string of the molecule is CCCN(CC(=O)Nc1cc(C(C)(C)C)nn1-c1ccccc1Cl)C(=O)Nc1cccc(CC)c1. The van der Waals surface area contributed by atoms with Gasteiger partial charge in [0.2, 0.25) is 5.91 Å². The van der Waals surface area contributed by atoms with E-state index in [-0.39, 0.29) is 23.9 Å². The summed E-state index contributed by atoms with van der Waals surface area (Å²) in [4.78, 5) is 27.5. The number of rotatable bonds is 8. The van der Waals surface area contributed by atoms with Gasteiger partial charge in [-0.2, -0.15) is 5.10 Å². The van der Waals surface area contributed by atoms with Gasteiger partial charge >= 0.3 is 6.03 Å². The number of para-hydroxylation sites is 1. The van der Waals surface area contributed by atoms with Crippen molar-refractivity contribution in [1.82, 2.24) is 14.7 Å². The Morgan fingerprint density at radius 2 is 1.77 bits per heavy atom. The van der Waals surface area contributed by atoms with Gasteiger partial charge in [0.1, 0.15) is 12.4 Å². The van der Waals surface area contributed by atoms with Crippen LogP contribution in [0.4, 0.5) is 16.3 Å². The van der Waals surface area contributed by atoms with Gasteiger partial charge in [-0.1, -0.05) is 70.5 Å². The van der Waals surface area contributed by atoms with Crippen LogP contribution in [-0.4, -0.2) is 39.7 Å². The Labute approximate surface area is 212 Å². The Bertz CT molecular complexity index is 1180. The Morgan fingerprint density at radius 1 is 1.03 bits per heavy atom. The first-order valence-electron chi connectivity index (χ1n) is 11.9. The fraction of sp³-hybridized carbons (Fsp3) is 0.370. The second-order valence-electron chi connectivity index (χ2n) is 9.48. The van der Waals surface area contributed by atoms with Gasteiger partial charge in [-0.05, 0) is 42.7 Å². The van der Waals surface area contributed by atoms with E-state index in [4.69, 9.17) is 16.7 Å². The average molecular weight is 496 g/mol. The summed E-state index contributed by atoms with van der Waals surface area (Å²) >= 11 is 6.42. The molecule has 3 aromatic rings. The zero-order valence-electron chi connectivity index (χ0n) is 21.1. The monoisotopic (exact) mass is 495 g/mol. The summed E-state index contributed by atoms with van der Waals surface area (Å²) < 4.78 is 1.64. The second-order valence-corrected chi connectivity index (χ2v) is 9.89. The van der Waals surface area contributed by atoms with Crippen LogP contribution in [0.2, 0.25) is 5.02 Å². The molecule has 8 heteroatoms. The lowest BCUT2D eigenvalue weighted by molar-refractivity contribution is -0.116. The highest BCUT2D eigenvalue weighted by Crippen LogP contribution is 2.29. The molecule has 1 aromatic heterocycles. The van der Waals surface area contributed by atoms with Crippen LogP contribution in [0.25, 0.3) is 5.69 Å². The summed E-state index contributed by atoms with van der Waals surface area (Å²) in [7, 11) is 0. The van der Waals surface area contributed by atoms with Crippen molar-refractivity contribution in [2.24, 2.45) is 0 Å². The minimum Gasteiger partial charge on any atom is -0.315 e. The first-order valence-corrected chi connectivity index (χ1v) is 12.3. The molecular weight excluding hydrogens is 462 g/mol. The molecule has 3 amide bonds. The van der Waals surface area contributed by atoms with Crippen molar-refractivity contribution in [3.63, 3.8) is 0 Å². The third-order valence-electron chi connectivity index (χ3n) is 5.53. The lowest BCUT2D eigenvalue weighted by Crippen LogP contribution is -2.41. The predicted molar refractivity (Wildman–Crippen MR) is 143 cm³/mol. The normalized spacial score (nSPS) is 11.3. The Kier molecular flexibility index (Phi) is 8.57. The molecule has 186 valence electrons. The van der Waals surface area contributed by atoms with E-state index < -0.39 is 0 Å². The number of benzene rings is 2. The van der Waals surface area contributed by atoms with Crippen LogP contribution >= 0.6 is 11.6 Å². The molecule has 0 aliphatic heterocycles. The van der Waals surface area contributed by atoms with Crippen molar-refractivity contribution >= 4 is 35.0 Å². The van der Waals surface area contributed by atoms with Gasteiger partial charge < -0.3 is 15.5 Å². The number of aromatic nitrogens is 2. The summed E-state index contributed by atoms with van der Waals surface area (Å²) in [6.07, 6.45) is 1.60. The number of amides is 3. The maximum atomic E-state index is 13.1. The zero-order valence-corrected chi connectivity index (χ0v) is 21.8. The fourth-order valence-electron chi connectivity index (χ4n) is 3.59. The van der Waals surface area contributed by atoms with Crippen molar-refractivity contribution in [3.05, 3.63) is 70.9 Å². The Morgan fingerprint density at radius 3 is 2.43 bits per heavy atom. The van der Waals surface area contributed by atoms with Crippen LogP contribution in [0.1, 0.15) is 52.3 Å². The third-order valence-corrected chi connectivity index (χ3v) is 5.85. The molecule has 0 bridgehead atoms. The van der Waals surface area contributed by atoms with E-state index in [1.54, 1.807) is 10.7 Å². The molecule has 0 unspecified atom stereocenters. The lowest BCUT2D eigenvalue weighted by Gasteiger charge is -2.22. The molecule has 2 aromatic carbocycles. The zero-order chi connectivity index (χ0) is 25.6. The molecule has 35 heavy (non-hydrogen) atoms. The van der Waals surface area contributed by atoms with Crippen LogP contribution in [0.15, 0.2) is 54.6 Å². The molecular formula is C27H34ClN5O2. The number of anilines is 2. The van der Waals surface area contributed by atoms with E-state index >= 15 is 0 Å². The van der Waals surface area contributed by atoms with Crippen molar-refractivity contribution in [3.8, 4) is 5.69 Å². The van der Waals surface area contributed by atoms with Crippen molar-refractivity contribution in [2.45, 2.75) is 52.9 Å². The number of urea groups is 1. The molecule has 0 aliphatic rings. The number of carbonyl (C=O) groups is 2. The van der Waals surface area contributed by atoms with E-state index in [1.165, 1.54) is 4.90 Å². The van der Waals surface area contributed by atoms with Gasteiger partial charge in [0.15, 0.2) is 0 Å². The molecule has 1 heterocycles. The first kappa shape index (κ1) is 26.3. The number of nitrogens with zero attached hydrogens (tertiary/aromatic N) is 3. The molecule has 7 nitrogen and oxygen atoms in total.